The minimum atomic E-state index is 0.115. The van der Waals surface area contributed by atoms with Crippen molar-refractivity contribution in [2.45, 2.75) is 50.3 Å². The lowest BCUT2D eigenvalue weighted by atomic mass is 9.90. The summed E-state index contributed by atoms with van der Waals surface area (Å²) in [6.45, 7) is 2.97. The Balaban J connectivity index is 1.73. The smallest absolute Gasteiger partial charge is 0.0800 e. The van der Waals surface area contributed by atoms with Crippen molar-refractivity contribution in [2.75, 3.05) is 18.1 Å². The predicted octanol–water partition coefficient (Wildman–Crippen LogP) is 2.52. The first kappa shape index (κ1) is 13.5. The van der Waals surface area contributed by atoms with Crippen molar-refractivity contribution in [3.05, 3.63) is 18.0 Å². The number of hydrogen-bond donors (Lipinski definition) is 1. The van der Waals surface area contributed by atoms with E-state index >= 15 is 0 Å². The third-order valence-corrected chi connectivity index (χ3v) is 5.62. The zero-order valence-corrected chi connectivity index (χ0v) is 12.4. The Morgan fingerprint density at radius 3 is 3.32 bits per heavy atom. The first-order valence-corrected chi connectivity index (χ1v) is 8.39. The van der Waals surface area contributed by atoms with Crippen molar-refractivity contribution >= 4 is 11.8 Å². The fourth-order valence-corrected chi connectivity index (χ4v) is 4.45. The number of aromatic nitrogens is 2. The largest absolute Gasteiger partial charge is 0.374 e. The number of nitrogens with zero attached hydrogens (tertiary/aromatic N) is 2. The van der Waals surface area contributed by atoms with Gasteiger partial charge in [0.25, 0.3) is 0 Å². The third-order valence-electron chi connectivity index (χ3n) is 4.40. The normalized spacial score (nSPS) is 32.8. The molecule has 1 spiro atoms. The van der Waals surface area contributed by atoms with Crippen LogP contribution in [0, 0.1) is 0 Å². The SMILES string of the molecule is CCC(N)c1cnn(C2CCOC3(CCSC3)C2)c1. The molecule has 1 aromatic rings. The van der Waals surface area contributed by atoms with Crippen LogP contribution in [0.2, 0.25) is 0 Å². The molecule has 2 aliphatic rings. The topological polar surface area (TPSA) is 53.1 Å². The molecular formula is C14H23N3OS. The van der Waals surface area contributed by atoms with Gasteiger partial charge in [0, 0.05) is 30.2 Å². The number of ether oxygens (including phenoxy) is 1. The van der Waals surface area contributed by atoms with Crippen LogP contribution in [0.15, 0.2) is 12.4 Å². The van der Waals surface area contributed by atoms with Gasteiger partial charge in [0.15, 0.2) is 0 Å². The fraction of sp³-hybridized carbons (Fsp3) is 0.786. The van der Waals surface area contributed by atoms with E-state index in [1.54, 1.807) is 0 Å². The minimum Gasteiger partial charge on any atom is -0.374 e. The highest BCUT2D eigenvalue weighted by atomic mass is 32.2. The molecule has 3 heterocycles. The fourth-order valence-electron chi connectivity index (χ4n) is 3.07. The van der Waals surface area contributed by atoms with Crippen LogP contribution in [-0.4, -0.2) is 33.5 Å². The number of thioether (sulfide) groups is 1. The highest BCUT2D eigenvalue weighted by Gasteiger charge is 2.41. The number of nitrogens with two attached hydrogens (primary N) is 1. The van der Waals surface area contributed by atoms with Gasteiger partial charge in [-0.25, -0.2) is 0 Å². The van der Waals surface area contributed by atoms with E-state index < -0.39 is 0 Å². The summed E-state index contributed by atoms with van der Waals surface area (Å²) < 4.78 is 8.19. The van der Waals surface area contributed by atoms with E-state index in [0.717, 1.165) is 37.2 Å². The van der Waals surface area contributed by atoms with Crippen LogP contribution >= 0.6 is 11.8 Å². The second kappa shape index (κ2) is 5.46. The Morgan fingerprint density at radius 1 is 1.68 bits per heavy atom. The summed E-state index contributed by atoms with van der Waals surface area (Å²) in [5.74, 6) is 2.38. The van der Waals surface area contributed by atoms with Gasteiger partial charge in [0.1, 0.15) is 0 Å². The highest BCUT2D eigenvalue weighted by Crippen LogP contribution is 2.41. The van der Waals surface area contributed by atoms with Gasteiger partial charge in [0.05, 0.1) is 17.8 Å². The molecule has 2 N–H and O–H groups in total. The van der Waals surface area contributed by atoms with Crippen molar-refractivity contribution in [2.24, 2.45) is 5.73 Å². The molecule has 0 bridgehead atoms. The predicted molar refractivity (Wildman–Crippen MR) is 78.3 cm³/mol. The van der Waals surface area contributed by atoms with E-state index in [4.69, 9.17) is 10.5 Å². The van der Waals surface area contributed by atoms with Crippen LogP contribution in [-0.2, 0) is 4.74 Å². The van der Waals surface area contributed by atoms with Gasteiger partial charge in [0.2, 0.25) is 0 Å². The molecule has 2 fully saturated rings. The van der Waals surface area contributed by atoms with E-state index in [1.807, 2.05) is 18.0 Å². The Morgan fingerprint density at radius 2 is 2.58 bits per heavy atom. The van der Waals surface area contributed by atoms with E-state index in [0.29, 0.717) is 6.04 Å². The summed E-state index contributed by atoms with van der Waals surface area (Å²) in [5.41, 5.74) is 7.35. The summed E-state index contributed by atoms with van der Waals surface area (Å²) in [5, 5.41) is 4.54. The Bertz CT molecular complexity index is 428. The Hall–Kier alpha value is -0.520. The van der Waals surface area contributed by atoms with E-state index in [-0.39, 0.29) is 11.6 Å². The van der Waals surface area contributed by atoms with Crippen LogP contribution in [0.1, 0.15) is 50.3 Å². The van der Waals surface area contributed by atoms with E-state index in [2.05, 4.69) is 22.9 Å². The molecule has 0 aliphatic carbocycles. The van der Waals surface area contributed by atoms with Crippen molar-refractivity contribution in [1.29, 1.82) is 0 Å². The van der Waals surface area contributed by atoms with Crippen LogP contribution in [0.4, 0.5) is 0 Å². The maximum absolute atomic E-state index is 6.07. The average molecular weight is 281 g/mol. The number of rotatable bonds is 3. The molecule has 0 saturated carbocycles. The maximum atomic E-state index is 6.07. The van der Waals surface area contributed by atoms with Crippen molar-refractivity contribution in [3.8, 4) is 0 Å². The molecule has 106 valence electrons. The summed E-state index contributed by atoms with van der Waals surface area (Å²) >= 11 is 2.02. The first-order chi connectivity index (χ1) is 9.22. The minimum absolute atomic E-state index is 0.115. The highest BCUT2D eigenvalue weighted by molar-refractivity contribution is 7.99. The lowest BCUT2D eigenvalue weighted by Crippen LogP contribution is -2.40. The molecule has 3 rings (SSSR count). The summed E-state index contributed by atoms with van der Waals surface area (Å²) in [6, 6.07) is 0.592. The molecule has 2 aliphatic heterocycles. The lowest BCUT2D eigenvalue weighted by molar-refractivity contribution is -0.0778. The quantitative estimate of drug-likeness (QED) is 0.925. The molecule has 0 aromatic carbocycles. The van der Waals surface area contributed by atoms with E-state index in [9.17, 15) is 0 Å². The second-order valence-electron chi connectivity index (χ2n) is 5.75. The van der Waals surface area contributed by atoms with Gasteiger partial charge in [-0.15, -0.1) is 0 Å². The van der Waals surface area contributed by atoms with Crippen molar-refractivity contribution < 1.29 is 4.74 Å². The Kier molecular flexibility index (Phi) is 3.87. The van der Waals surface area contributed by atoms with Crippen LogP contribution < -0.4 is 5.73 Å². The Labute approximate surface area is 119 Å². The summed E-state index contributed by atoms with van der Waals surface area (Å²) in [6.07, 6.45) is 8.38. The molecule has 3 atom stereocenters. The van der Waals surface area contributed by atoms with Crippen molar-refractivity contribution in [1.82, 2.24) is 9.78 Å². The van der Waals surface area contributed by atoms with E-state index in [1.165, 1.54) is 12.2 Å². The van der Waals surface area contributed by atoms with Gasteiger partial charge in [-0.2, -0.15) is 16.9 Å². The van der Waals surface area contributed by atoms with Gasteiger partial charge < -0.3 is 10.5 Å². The molecule has 5 heteroatoms. The first-order valence-electron chi connectivity index (χ1n) is 7.24. The summed E-state index contributed by atoms with van der Waals surface area (Å²) in [7, 11) is 0. The second-order valence-corrected chi connectivity index (χ2v) is 6.85. The van der Waals surface area contributed by atoms with Crippen LogP contribution in [0.25, 0.3) is 0 Å². The molecule has 19 heavy (non-hydrogen) atoms. The van der Waals surface area contributed by atoms with Gasteiger partial charge >= 0.3 is 0 Å². The lowest BCUT2D eigenvalue weighted by Gasteiger charge is -2.37. The third kappa shape index (κ3) is 2.69. The van der Waals surface area contributed by atoms with Gasteiger partial charge in [-0.1, -0.05) is 6.92 Å². The maximum Gasteiger partial charge on any atom is 0.0800 e. The number of hydrogen-bond acceptors (Lipinski definition) is 4. The van der Waals surface area contributed by atoms with Crippen LogP contribution in [0.3, 0.4) is 0 Å². The van der Waals surface area contributed by atoms with Gasteiger partial charge in [-0.05, 0) is 31.4 Å². The molecule has 0 amide bonds. The molecule has 0 radical (unpaired) electrons. The molecular weight excluding hydrogens is 258 g/mol. The zero-order chi connectivity index (χ0) is 13.3. The molecule has 4 nitrogen and oxygen atoms in total. The average Bonchev–Trinajstić information content (AvgIpc) is 3.08. The van der Waals surface area contributed by atoms with Gasteiger partial charge in [-0.3, -0.25) is 4.68 Å². The molecule has 2 saturated heterocycles. The van der Waals surface area contributed by atoms with Crippen LogP contribution in [0.5, 0.6) is 0 Å². The monoisotopic (exact) mass is 281 g/mol. The molecule has 1 aromatic heterocycles. The summed E-state index contributed by atoms with van der Waals surface area (Å²) in [4.78, 5) is 0. The standard InChI is InChI=1S/C14H23N3OS/c1-2-13(15)11-8-16-17(9-11)12-3-5-18-14(7-12)4-6-19-10-14/h8-9,12-13H,2-7,10,15H2,1H3. The van der Waals surface area contributed by atoms with Crippen molar-refractivity contribution in [3.63, 3.8) is 0 Å². The zero-order valence-electron chi connectivity index (χ0n) is 11.5. The molecule has 3 unspecified atom stereocenters.